The molecule has 0 aromatic heterocycles. The first-order valence-corrected chi connectivity index (χ1v) is 8.69. The van der Waals surface area contributed by atoms with Crippen molar-refractivity contribution in [3.63, 3.8) is 0 Å². The topological polar surface area (TPSA) is 59.6 Å². The highest BCUT2D eigenvalue weighted by Gasteiger charge is 2.04. The highest BCUT2D eigenvalue weighted by Crippen LogP contribution is 2.21. The molecule has 0 radical (unpaired) electrons. The van der Waals surface area contributed by atoms with Crippen molar-refractivity contribution in [2.45, 2.75) is 6.61 Å². The molecule has 0 heterocycles. The second kappa shape index (κ2) is 8.96. The third kappa shape index (κ3) is 5.66. The lowest BCUT2D eigenvalue weighted by Gasteiger charge is -2.10. The van der Waals surface area contributed by atoms with Crippen LogP contribution in [0, 0.1) is 0 Å². The summed E-state index contributed by atoms with van der Waals surface area (Å²) in [7, 11) is 1.63. The number of ether oxygens (including phenoxy) is 2. The van der Waals surface area contributed by atoms with E-state index < -0.39 is 6.09 Å². The van der Waals surface area contributed by atoms with Crippen molar-refractivity contribution in [2.24, 2.45) is 0 Å². The van der Waals surface area contributed by atoms with Crippen LogP contribution in [-0.4, -0.2) is 13.2 Å². The molecule has 0 fully saturated rings. The van der Waals surface area contributed by atoms with Crippen LogP contribution < -0.4 is 15.4 Å². The number of nitrogens with one attached hydrogen (secondary N) is 2. The number of anilines is 3. The van der Waals surface area contributed by atoms with E-state index in [0.29, 0.717) is 10.7 Å². The summed E-state index contributed by atoms with van der Waals surface area (Å²) in [6.45, 7) is 0.181. The molecular weight excluding hydrogens is 364 g/mol. The largest absolute Gasteiger partial charge is 0.497 e. The van der Waals surface area contributed by atoms with Gasteiger partial charge in [-0.2, -0.15) is 0 Å². The first-order chi connectivity index (χ1) is 13.1. The van der Waals surface area contributed by atoms with Gasteiger partial charge in [0, 0.05) is 22.1 Å². The minimum absolute atomic E-state index is 0.181. The van der Waals surface area contributed by atoms with E-state index in [0.717, 1.165) is 22.7 Å². The van der Waals surface area contributed by atoms with Crippen molar-refractivity contribution in [1.29, 1.82) is 0 Å². The molecule has 0 atom stereocenters. The van der Waals surface area contributed by atoms with Gasteiger partial charge in [-0.05, 0) is 66.2 Å². The fraction of sp³-hybridized carbons (Fsp3) is 0.0952. The van der Waals surface area contributed by atoms with E-state index in [1.54, 1.807) is 31.4 Å². The molecule has 0 bridgehead atoms. The maximum atomic E-state index is 11.9. The van der Waals surface area contributed by atoms with Crippen molar-refractivity contribution < 1.29 is 14.3 Å². The lowest BCUT2D eigenvalue weighted by molar-refractivity contribution is 0.155. The molecule has 2 N–H and O–H groups in total. The standard InChI is InChI=1S/C21H19ClN2O3/c1-26-20-12-10-18(11-13-20)23-17-6-8-19(9-7-17)24-21(25)27-14-15-2-4-16(22)5-3-15/h2-13,23H,14H2,1H3,(H,24,25). The maximum absolute atomic E-state index is 11.9. The molecule has 3 aromatic rings. The Kier molecular flexibility index (Phi) is 6.18. The maximum Gasteiger partial charge on any atom is 0.411 e. The fourth-order valence-corrected chi connectivity index (χ4v) is 2.49. The van der Waals surface area contributed by atoms with Gasteiger partial charge in [-0.25, -0.2) is 4.79 Å². The Balaban J connectivity index is 1.50. The normalized spacial score (nSPS) is 10.1. The summed E-state index contributed by atoms with van der Waals surface area (Å²) < 4.78 is 10.3. The van der Waals surface area contributed by atoms with Gasteiger partial charge in [-0.1, -0.05) is 23.7 Å². The van der Waals surface area contributed by atoms with Crippen LogP contribution in [0.4, 0.5) is 21.9 Å². The van der Waals surface area contributed by atoms with Gasteiger partial charge in [0.1, 0.15) is 12.4 Å². The van der Waals surface area contributed by atoms with Gasteiger partial charge in [0.2, 0.25) is 0 Å². The first kappa shape index (κ1) is 18.6. The Morgan fingerprint density at radius 3 is 2.00 bits per heavy atom. The molecule has 0 saturated heterocycles. The quantitative estimate of drug-likeness (QED) is 0.562. The molecule has 0 aliphatic rings. The van der Waals surface area contributed by atoms with Crippen molar-refractivity contribution in [2.75, 3.05) is 17.7 Å². The highest BCUT2D eigenvalue weighted by atomic mass is 35.5. The van der Waals surface area contributed by atoms with Gasteiger partial charge in [0.15, 0.2) is 0 Å². The van der Waals surface area contributed by atoms with E-state index in [2.05, 4.69) is 10.6 Å². The fourth-order valence-electron chi connectivity index (χ4n) is 2.36. The van der Waals surface area contributed by atoms with Crippen LogP contribution in [0.15, 0.2) is 72.8 Å². The zero-order chi connectivity index (χ0) is 19.1. The van der Waals surface area contributed by atoms with E-state index in [1.165, 1.54) is 0 Å². The van der Waals surface area contributed by atoms with Gasteiger partial charge in [0.05, 0.1) is 7.11 Å². The molecule has 1 amide bonds. The molecule has 3 aromatic carbocycles. The first-order valence-electron chi connectivity index (χ1n) is 8.32. The van der Waals surface area contributed by atoms with Crippen LogP contribution in [0.5, 0.6) is 5.75 Å². The second-order valence-electron chi connectivity index (χ2n) is 5.76. The molecule has 27 heavy (non-hydrogen) atoms. The Bertz CT molecular complexity index is 879. The Morgan fingerprint density at radius 2 is 1.41 bits per heavy atom. The monoisotopic (exact) mass is 382 g/mol. The van der Waals surface area contributed by atoms with Crippen molar-refractivity contribution in [3.8, 4) is 5.75 Å². The molecule has 3 rings (SSSR count). The molecule has 6 heteroatoms. The Morgan fingerprint density at radius 1 is 0.852 bits per heavy atom. The summed E-state index contributed by atoms with van der Waals surface area (Å²) in [5.41, 5.74) is 3.36. The van der Waals surface area contributed by atoms with Crippen LogP contribution in [0.3, 0.4) is 0 Å². The zero-order valence-electron chi connectivity index (χ0n) is 14.7. The molecule has 138 valence electrons. The SMILES string of the molecule is COc1ccc(Nc2ccc(NC(=O)OCc3ccc(Cl)cc3)cc2)cc1. The van der Waals surface area contributed by atoms with Crippen molar-refractivity contribution in [3.05, 3.63) is 83.4 Å². The molecule has 0 saturated carbocycles. The van der Waals surface area contributed by atoms with Crippen molar-refractivity contribution >= 4 is 34.8 Å². The average molecular weight is 383 g/mol. The van der Waals surface area contributed by atoms with Gasteiger partial charge < -0.3 is 14.8 Å². The summed E-state index contributed by atoms with van der Waals surface area (Å²) in [4.78, 5) is 11.9. The summed E-state index contributed by atoms with van der Waals surface area (Å²) in [5, 5.41) is 6.62. The Hall–Kier alpha value is -3.18. The number of hydrogen-bond acceptors (Lipinski definition) is 4. The van der Waals surface area contributed by atoms with E-state index in [9.17, 15) is 4.79 Å². The van der Waals surface area contributed by atoms with Crippen LogP contribution in [0.25, 0.3) is 0 Å². The van der Waals surface area contributed by atoms with Crippen LogP contribution in [-0.2, 0) is 11.3 Å². The Labute approximate surface area is 162 Å². The molecule has 0 unspecified atom stereocenters. The van der Waals surface area contributed by atoms with Gasteiger partial charge in [-0.15, -0.1) is 0 Å². The number of carbonyl (C=O) groups excluding carboxylic acids is 1. The molecule has 0 spiro atoms. The predicted octanol–water partition coefficient (Wildman–Crippen LogP) is 5.84. The minimum atomic E-state index is -0.513. The lowest BCUT2D eigenvalue weighted by atomic mass is 10.2. The third-order valence-electron chi connectivity index (χ3n) is 3.79. The number of hydrogen-bond donors (Lipinski definition) is 2. The van der Waals surface area contributed by atoms with E-state index in [1.807, 2.05) is 48.5 Å². The van der Waals surface area contributed by atoms with E-state index >= 15 is 0 Å². The summed E-state index contributed by atoms with van der Waals surface area (Å²) in [5.74, 6) is 0.803. The molecule has 0 aliphatic carbocycles. The summed E-state index contributed by atoms with van der Waals surface area (Å²) in [6, 6.07) is 22.1. The third-order valence-corrected chi connectivity index (χ3v) is 4.05. The number of methoxy groups -OCH3 is 1. The van der Waals surface area contributed by atoms with Crippen LogP contribution >= 0.6 is 11.6 Å². The number of benzene rings is 3. The van der Waals surface area contributed by atoms with E-state index in [-0.39, 0.29) is 6.61 Å². The van der Waals surface area contributed by atoms with Crippen LogP contribution in [0.2, 0.25) is 5.02 Å². The lowest BCUT2D eigenvalue weighted by Crippen LogP contribution is -2.13. The highest BCUT2D eigenvalue weighted by molar-refractivity contribution is 6.30. The minimum Gasteiger partial charge on any atom is -0.497 e. The zero-order valence-corrected chi connectivity index (χ0v) is 15.5. The van der Waals surface area contributed by atoms with Crippen LogP contribution in [0.1, 0.15) is 5.56 Å². The molecular formula is C21H19ClN2O3. The molecule has 5 nitrogen and oxygen atoms in total. The number of amides is 1. The summed E-state index contributed by atoms with van der Waals surface area (Å²) in [6.07, 6.45) is -0.513. The van der Waals surface area contributed by atoms with Gasteiger partial charge in [-0.3, -0.25) is 5.32 Å². The average Bonchev–Trinajstić information content (AvgIpc) is 2.70. The number of halogens is 1. The van der Waals surface area contributed by atoms with Crippen molar-refractivity contribution in [1.82, 2.24) is 0 Å². The predicted molar refractivity (Wildman–Crippen MR) is 108 cm³/mol. The second-order valence-corrected chi connectivity index (χ2v) is 6.19. The van der Waals surface area contributed by atoms with Gasteiger partial charge >= 0.3 is 6.09 Å². The summed E-state index contributed by atoms with van der Waals surface area (Å²) >= 11 is 5.83. The number of carbonyl (C=O) groups is 1. The van der Waals surface area contributed by atoms with Gasteiger partial charge in [0.25, 0.3) is 0 Å². The van der Waals surface area contributed by atoms with E-state index in [4.69, 9.17) is 21.1 Å². The number of rotatable bonds is 6. The smallest absolute Gasteiger partial charge is 0.411 e. The molecule has 0 aliphatic heterocycles.